The monoisotopic (exact) mass is 344 g/mol. The summed E-state index contributed by atoms with van der Waals surface area (Å²) in [4.78, 5) is 4.47. The standard InChI is InChI=1S/C14H15BrClFN2/c1-8-2-3-9(4-8)19-13-5-10(15)11(17)6-12(13)18-14(19)7-16/h5-6,8-9H,2-4,7H2,1H3. The van der Waals surface area contributed by atoms with E-state index in [1.807, 2.05) is 6.07 Å². The van der Waals surface area contributed by atoms with Gasteiger partial charge in [-0.2, -0.15) is 0 Å². The Morgan fingerprint density at radius 3 is 2.89 bits per heavy atom. The first-order valence-corrected chi connectivity index (χ1v) is 7.84. The molecule has 2 aromatic rings. The van der Waals surface area contributed by atoms with Crippen LogP contribution >= 0.6 is 27.5 Å². The normalized spacial score (nSPS) is 23.4. The number of alkyl halides is 1. The van der Waals surface area contributed by atoms with Crippen LogP contribution in [0.15, 0.2) is 16.6 Å². The lowest BCUT2D eigenvalue weighted by atomic mass is 10.1. The number of hydrogen-bond donors (Lipinski definition) is 0. The third-order valence-electron chi connectivity index (χ3n) is 3.96. The van der Waals surface area contributed by atoms with E-state index >= 15 is 0 Å². The molecule has 3 rings (SSSR count). The Bertz CT molecular complexity index is 625. The van der Waals surface area contributed by atoms with Gasteiger partial charge < -0.3 is 4.57 Å². The molecule has 2 nitrogen and oxygen atoms in total. The van der Waals surface area contributed by atoms with Crippen molar-refractivity contribution < 1.29 is 4.39 Å². The molecule has 0 saturated heterocycles. The molecule has 5 heteroatoms. The van der Waals surface area contributed by atoms with Gasteiger partial charge in [-0.25, -0.2) is 9.37 Å². The summed E-state index contributed by atoms with van der Waals surface area (Å²) in [5.74, 6) is 1.65. The Hall–Kier alpha value is -0.610. The highest BCUT2D eigenvalue weighted by Gasteiger charge is 2.26. The highest BCUT2D eigenvalue weighted by molar-refractivity contribution is 9.10. The van der Waals surface area contributed by atoms with E-state index in [2.05, 4.69) is 32.4 Å². The molecule has 0 bridgehead atoms. The molecule has 1 aliphatic rings. The van der Waals surface area contributed by atoms with Gasteiger partial charge in [-0.05, 0) is 47.2 Å². The van der Waals surface area contributed by atoms with E-state index in [0.29, 0.717) is 21.9 Å². The van der Waals surface area contributed by atoms with Gasteiger partial charge in [-0.3, -0.25) is 0 Å². The van der Waals surface area contributed by atoms with Crippen LogP contribution in [0.25, 0.3) is 11.0 Å². The van der Waals surface area contributed by atoms with Crippen molar-refractivity contribution in [3.05, 3.63) is 28.2 Å². The predicted octanol–water partition coefficient (Wildman–Crippen LogP) is 5.04. The summed E-state index contributed by atoms with van der Waals surface area (Å²) in [5, 5.41) is 0. The quantitative estimate of drug-likeness (QED) is 0.697. The van der Waals surface area contributed by atoms with Gasteiger partial charge in [-0.15, -0.1) is 11.6 Å². The number of benzene rings is 1. The Morgan fingerprint density at radius 2 is 2.26 bits per heavy atom. The van der Waals surface area contributed by atoms with E-state index in [1.165, 1.54) is 12.5 Å². The molecule has 0 spiro atoms. The van der Waals surface area contributed by atoms with Crippen molar-refractivity contribution in [2.45, 2.75) is 38.1 Å². The van der Waals surface area contributed by atoms with Crippen molar-refractivity contribution in [1.29, 1.82) is 0 Å². The van der Waals surface area contributed by atoms with E-state index in [4.69, 9.17) is 11.6 Å². The lowest BCUT2D eigenvalue weighted by molar-refractivity contribution is 0.493. The van der Waals surface area contributed by atoms with Gasteiger partial charge in [0.15, 0.2) is 0 Å². The van der Waals surface area contributed by atoms with Crippen LogP contribution in [-0.2, 0) is 5.88 Å². The summed E-state index contributed by atoms with van der Waals surface area (Å²) in [5.41, 5.74) is 1.67. The van der Waals surface area contributed by atoms with Crippen molar-refractivity contribution in [2.75, 3.05) is 0 Å². The second-order valence-corrected chi connectivity index (χ2v) is 6.48. The van der Waals surface area contributed by atoms with E-state index < -0.39 is 0 Å². The molecule has 2 unspecified atom stereocenters. The molecule has 0 amide bonds. The molecular weight excluding hydrogens is 331 g/mol. The molecule has 19 heavy (non-hydrogen) atoms. The van der Waals surface area contributed by atoms with Crippen LogP contribution in [0.2, 0.25) is 0 Å². The molecule has 1 aliphatic carbocycles. The number of nitrogens with zero attached hydrogens (tertiary/aromatic N) is 2. The maximum atomic E-state index is 13.6. The number of hydrogen-bond acceptors (Lipinski definition) is 1. The summed E-state index contributed by atoms with van der Waals surface area (Å²) in [7, 11) is 0. The highest BCUT2D eigenvalue weighted by Crippen LogP contribution is 2.38. The molecule has 2 atom stereocenters. The molecule has 1 fully saturated rings. The first-order valence-electron chi connectivity index (χ1n) is 6.52. The summed E-state index contributed by atoms with van der Waals surface area (Å²) in [6.07, 6.45) is 3.52. The van der Waals surface area contributed by atoms with Gasteiger partial charge in [0, 0.05) is 12.1 Å². The van der Waals surface area contributed by atoms with Crippen molar-refractivity contribution in [3.63, 3.8) is 0 Å². The Kier molecular flexibility index (Phi) is 3.56. The van der Waals surface area contributed by atoms with Crippen LogP contribution in [0.4, 0.5) is 4.39 Å². The zero-order valence-electron chi connectivity index (χ0n) is 10.7. The molecule has 0 aliphatic heterocycles. The fourth-order valence-corrected chi connectivity index (χ4v) is 3.57. The molecule has 0 radical (unpaired) electrons. The average Bonchev–Trinajstić information content (AvgIpc) is 2.93. The number of imidazole rings is 1. The first-order chi connectivity index (χ1) is 9.10. The minimum atomic E-state index is -0.280. The number of aromatic nitrogens is 2. The third kappa shape index (κ3) is 2.29. The first kappa shape index (κ1) is 13.4. The summed E-state index contributed by atoms with van der Waals surface area (Å²) in [6.45, 7) is 2.27. The van der Waals surface area contributed by atoms with Crippen LogP contribution in [-0.4, -0.2) is 9.55 Å². The molecule has 1 heterocycles. The summed E-state index contributed by atoms with van der Waals surface area (Å²) >= 11 is 9.26. The molecule has 1 aromatic heterocycles. The molecular formula is C14H15BrClFN2. The number of rotatable bonds is 2. The Balaban J connectivity index is 2.18. The largest absolute Gasteiger partial charge is 0.324 e. The molecule has 1 aromatic carbocycles. The fraction of sp³-hybridized carbons (Fsp3) is 0.500. The van der Waals surface area contributed by atoms with Gasteiger partial charge in [0.25, 0.3) is 0 Å². The smallest absolute Gasteiger partial charge is 0.139 e. The molecule has 1 saturated carbocycles. The van der Waals surface area contributed by atoms with Crippen LogP contribution in [0.1, 0.15) is 38.1 Å². The zero-order valence-corrected chi connectivity index (χ0v) is 13.0. The molecule has 102 valence electrons. The SMILES string of the molecule is CC1CCC(n2c(CCl)nc3cc(F)c(Br)cc32)C1. The van der Waals surface area contributed by atoms with Crippen LogP contribution < -0.4 is 0 Å². The summed E-state index contributed by atoms with van der Waals surface area (Å²) in [6, 6.07) is 3.73. The minimum absolute atomic E-state index is 0.280. The maximum Gasteiger partial charge on any atom is 0.139 e. The summed E-state index contributed by atoms with van der Waals surface area (Å²) < 4.78 is 16.3. The van der Waals surface area contributed by atoms with Crippen molar-refractivity contribution >= 4 is 38.6 Å². The molecule has 0 N–H and O–H groups in total. The zero-order chi connectivity index (χ0) is 13.6. The number of fused-ring (bicyclic) bond motifs is 1. The van der Waals surface area contributed by atoms with E-state index in [1.54, 1.807) is 0 Å². The predicted molar refractivity (Wildman–Crippen MR) is 79.0 cm³/mol. The fourth-order valence-electron chi connectivity index (χ4n) is 3.05. The van der Waals surface area contributed by atoms with E-state index in [-0.39, 0.29) is 5.82 Å². The van der Waals surface area contributed by atoms with Crippen molar-refractivity contribution in [3.8, 4) is 0 Å². The van der Waals surface area contributed by atoms with Gasteiger partial charge in [0.05, 0.1) is 21.4 Å². The highest BCUT2D eigenvalue weighted by atomic mass is 79.9. The van der Waals surface area contributed by atoms with Crippen molar-refractivity contribution in [1.82, 2.24) is 9.55 Å². The van der Waals surface area contributed by atoms with Crippen LogP contribution in [0, 0.1) is 11.7 Å². The van der Waals surface area contributed by atoms with Crippen LogP contribution in [0.5, 0.6) is 0 Å². The third-order valence-corrected chi connectivity index (χ3v) is 4.80. The van der Waals surface area contributed by atoms with Crippen LogP contribution in [0.3, 0.4) is 0 Å². The number of halogens is 3. The van der Waals surface area contributed by atoms with Crippen molar-refractivity contribution in [2.24, 2.45) is 5.92 Å². The van der Waals surface area contributed by atoms with Gasteiger partial charge in [-0.1, -0.05) is 6.92 Å². The second-order valence-electron chi connectivity index (χ2n) is 5.36. The van der Waals surface area contributed by atoms with E-state index in [0.717, 1.165) is 30.1 Å². The lowest BCUT2D eigenvalue weighted by Crippen LogP contribution is -2.08. The minimum Gasteiger partial charge on any atom is -0.324 e. The maximum absolute atomic E-state index is 13.6. The van der Waals surface area contributed by atoms with Gasteiger partial charge >= 0.3 is 0 Å². The second kappa shape index (κ2) is 5.06. The Labute approximate surface area is 125 Å². The van der Waals surface area contributed by atoms with Gasteiger partial charge in [0.1, 0.15) is 11.6 Å². The average molecular weight is 346 g/mol. The van der Waals surface area contributed by atoms with E-state index in [9.17, 15) is 4.39 Å². The lowest BCUT2D eigenvalue weighted by Gasteiger charge is -2.16. The topological polar surface area (TPSA) is 17.8 Å². The van der Waals surface area contributed by atoms with Gasteiger partial charge in [0.2, 0.25) is 0 Å². The Morgan fingerprint density at radius 1 is 1.47 bits per heavy atom.